The fourth-order valence-corrected chi connectivity index (χ4v) is 3.54. The van der Waals surface area contributed by atoms with Crippen LogP contribution in [0, 0.1) is 11.6 Å². The summed E-state index contributed by atoms with van der Waals surface area (Å²) in [6, 6.07) is 7.45. The fraction of sp³-hybridized carbons (Fsp3) is 0.318. The van der Waals surface area contributed by atoms with Crippen LogP contribution in [0.5, 0.6) is 0 Å². The van der Waals surface area contributed by atoms with Crippen molar-refractivity contribution in [2.75, 3.05) is 6.54 Å². The smallest absolute Gasteiger partial charge is 0.319 e. The highest BCUT2D eigenvalue weighted by molar-refractivity contribution is 6.11. The molecule has 7 heteroatoms. The Morgan fingerprint density at radius 3 is 2.45 bits per heavy atom. The van der Waals surface area contributed by atoms with Gasteiger partial charge in [0.15, 0.2) is 5.78 Å². The molecule has 1 unspecified atom stereocenters. The standard InChI is InChI=1S/C22H22F2N2O3/c1-4-13-6-7-14(5-2)16(10-13)19(27)12-26-20(28)22(3,25-21(26)29)17-11-15(23)8-9-18(17)24/h6-11H,4-5,12H2,1-3H3,(H,25,29). The van der Waals surface area contributed by atoms with E-state index < -0.39 is 35.7 Å². The zero-order valence-corrected chi connectivity index (χ0v) is 16.5. The largest absolute Gasteiger partial charge is 0.325 e. The maximum absolute atomic E-state index is 14.2. The van der Waals surface area contributed by atoms with Crippen LogP contribution in [0.4, 0.5) is 13.6 Å². The van der Waals surface area contributed by atoms with Crippen LogP contribution in [0.25, 0.3) is 0 Å². The summed E-state index contributed by atoms with van der Waals surface area (Å²) in [5.41, 5.74) is 0.168. The summed E-state index contributed by atoms with van der Waals surface area (Å²) in [4.78, 5) is 39.0. The SMILES string of the molecule is CCc1ccc(CC)c(C(=O)CN2C(=O)NC(C)(c3cc(F)ccc3F)C2=O)c1. The third-order valence-corrected chi connectivity index (χ3v) is 5.31. The van der Waals surface area contributed by atoms with Gasteiger partial charge in [-0.2, -0.15) is 0 Å². The van der Waals surface area contributed by atoms with E-state index in [1.165, 1.54) is 6.92 Å². The number of benzene rings is 2. The molecule has 0 saturated carbocycles. The van der Waals surface area contributed by atoms with Crippen molar-refractivity contribution in [1.29, 1.82) is 0 Å². The summed E-state index contributed by atoms with van der Waals surface area (Å²) >= 11 is 0. The van der Waals surface area contributed by atoms with Crippen LogP contribution in [0.2, 0.25) is 0 Å². The summed E-state index contributed by atoms with van der Waals surface area (Å²) < 4.78 is 27.9. The molecule has 2 aromatic carbocycles. The molecule has 0 spiro atoms. The van der Waals surface area contributed by atoms with Gasteiger partial charge in [-0.05, 0) is 55.2 Å². The summed E-state index contributed by atoms with van der Waals surface area (Å²) in [6.07, 6.45) is 1.36. The zero-order valence-electron chi connectivity index (χ0n) is 16.5. The molecule has 1 heterocycles. The Bertz CT molecular complexity index is 1010. The summed E-state index contributed by atoms with van der Waals surface area (Å²) in [5.74, 6) is -2.74. The molecule has 0 bridgehead atoms. The third kappa shape index (κ3) is 3.64. The number of nitrogens with zero attached hydrogens (tertiary/aromatic N) is 1. The predicted molar refractivity (Wildman–Crippen MR) is 103 cm³/mol. The molecule has 1 aliphatic heterocycles. The number of aryl methyl sites for hydroxylation is 2. The molecule has 1 fully saturated rings. The number of hydrogen-bond donors (Lipinski definition) is 1. The van der Waals surface area contributed by atoms with Gasteiger partial charge in [-0.1, -0.05) is 26.0 Å². The van der Waals surface area contributed by atoms with Crippen molar-refractivity contribution < 1.29 is 23.2 Å². The van der Waals surface area contributed by atoms with Gasteiger partial charge in [-0.25, -0.2) is 13.6 Å². The monoisotopic (exact) mass is 400 g/mol. The molecule has 1 atom stereocenters. The van der Waals surface area contributed by atoms with E-state index in [1.807, 2.05) is 26.0 Å². The van der Waals surface area contributed by atoms with Gasteiger partial charge >= 0.3 is 6.03 Å². The minimum absolute atomic E-state index is 0.284. The first kappa shape index (κ1) is 20.6. The average molecular weight is 400 g/mol. The minimum atomic E-state index is -1.79. The Kier molecular flexibility index (Phi) is 5.50. The van der Waals surface area contributed by atoms with Crippen molar-refractivity contribution in [1.82, 2.24) is 10.2 Å². The van der Waals surface area contributed by atoms with E-state index in [0.717, 1.165) is 40.6 Å². The summed E-state index contributed by atoms with van der Waals surface area (Å²) in [7, 11) is 0. The number of ketones is 1. The van der Waals surface area contributed by atoms with E-state index >= 15 is 0 Å². The maximum atomic E-state index is 14.2. The molecule has 2 aromatic rings. The number of Topliss-reactive ketones (excluding diaryl/α,β-unsaturated/α-hetero) is 1. The van der Waals surface area contributed by atoms with Crippen molar-refractivity contribution >= 4 is 17.7 Å². The average Bonchev–Trinajstić information content (AvgIpc) is 2.92. The van der Waals surface area contributed by atoms with Crippen LogP contribution in [0.15, 0.2) is 36.4 Å². The highest BCUT2D eigenvalue weighted by Gasteiger charge is 2.50. The van der Waals surface area contributed by atoms with Crippen LogP contribution in [0.1, 0.15) is 47.8 Å². The lowest BCUT2D eigenvalue weighted by atomic mass is 9.91. The van der Waals surface area contributed by atoms with E-state index in [9.17, 15) is 23.2 Å². The number of urea groups is 1. The van der Waals surface area contributed by atoms with E-state index in [2.05, 4.69) is 5.32 Å². The van der Waals surface area contributed by atoms with Gasteiger partial charge in [0.1, 0.15) is 17.2 Å². The van der Waals surface area contributed by atoms with Crippen molar-refractivity contribution in [2.45, 2.75) is 39.2 Å². The third-order valence-electron chi connectivity index (χ3n) is 5.31. The van der Waals surface area contributed by atoms with Crippen molar-refractivity contribution in [3.63, 3.8) is 0 Å². The fourth-order valence-electron chi connectivity index (χ4n) is 3.54. The van der Waals surface area contributed by atoms with Crippen molar-refractivity contribution in [2.24, 2.45) is 0 Å². The van der Waals surface area contributed by atoms with E-state index in [1.54, 1.807) is 6.07 Å². The highest BCUT2D eigenvalue weighted by Crippen LogP contribution is 2.31. The van der Waals surface area contributed by atoms with Crippen LogP contribution in [-0.4, -0.2) is 29.2 Å². The van der Waals surface area contributed by atoms with Gasteiger partial charge in [0.2, 0.25) is 0 Å². The lowest BCUT2D eigenvalue weighted by molar-refractivity contribution is -0.130. The number of rotatable bonds is 6. The number of imide groups is 1. The predicted octanol–water partition coefficient (Wildman–Crippen LogP) is 3.74. The Morgan fingerprint density at radius 2 is 1.79 bits per heavy atom. The quantitative estimate of drug-likeness (QED) is 0.593. The molecule has 1 saturated heterocycles. The number of amides is 3. The molecule has 0 radical (unpaired) electrons. The van der Waals surface area contributed by atoms with Gasteiger partial charge in [0, 0.05) is 11.1 Å². The summed E-state index contributed by atoms with van der Waals surface area (Å²) in [5, 5.41) is 2.40. The van der Waals surface area contributed by atoms with E-state index in [-0.39, 0.29) is 11.3 Å². The van der Waals surface area contributed by atoms with Crippen molar-refractivity contribution in [3.05, 3.63) is 70.3 Å². The summed E-state index contributed by atoms with van der Waals surface area (Å²) in [6.45, 7) is 4.70. The van der Waals surface area contributed by atoms with Gasteiger partial charge in [-0.15, -0.1) is 0 Å². The maximum Gasteiger partial charge on any atom is 0.325 e. The first-order valence-electron chi connectivity index (χ1n) is 9.45. The Hall–Kier alpha value is -3.09. The first-order chi connectivity index (χ1) is 13.7. The molecule has 3 amide bonds. The normalized spacial score (nSPS) is 18.9. The molecule has 152 valence electrons. The zero-order chi connectivity index (χ0) is 21.3. The van der Waals surface area contributed by atoms with Crippen LogP contribution in [0.3, 0.4) is 0 Å². The molecular weight excluding hydrogens is 378 g/mol. The van der Waals surface area contributed by atoms with Crippen LogP contribution >= 0.6 is 0 Å². The number of carbonyl (C=O) groups is 3. The lowest BCUT2D eigenvalue weighted by Crippen LogP contribution is -2.42. The van der Waals surface area contributed by atoms with Gasteiger partial charge in [0.25, 0.3) is 5.91 Å². The van der Waals surface area contributed by atoms with E-state index in [0.29, 0.717) is 12.0 Å². The number of carbonyl (C=O) groups excluding carboxylic acids is 3. The molecule has 5 nitrogen and oxygen atoms in total. The highest BCUT2D eigenvalue weighted by atomic mass is 19.1. The molecular formula is C22H22F2N2O3. The Balaban J connectivity index is 1.91. The van der Waals surface area contributed by atoms with Gasteiger partial charge in [0.05, 0.1) is 6.54 Å². The number of halogens is 2. The molecule has 3 rings (SSSR count). The molecule has 0 aliphatic carbocycles. The first-order valence-corrected chi connectivity index (χ1v) is 9.45. The molecule has 0 aromatic heterocycles. The molecule has 29 heavy (non-hydrogen) atoms. The van der Waals surface area contributed by atoms with E-state index in [4.69, 9.17) is 0 Å². The second-order valence-electron chi connectivity index (χ2n) is 7.19. The van der Waals surface area contributed by atoms with Crippen molar-refractivity contribution in [3.8, 4) is 0 Å². The Morgan fingerprint density at radius 1 is 1.07 bits per heavy atom. The molecule has 1 N–H and O–H groups in total. The van der Waals surface area contributed by atoms with Gasteiger partial charge in [-0.3, -0.25) is 14.5 Å². The van der Waals surface area contributed by atoms with Crippen LogP contribution < -0.4 is 5.32 Å². The second kappa shape index (κ2) is 7.73. The second-order valence-corrected chi connectivity index (χ2v) is 7.19. The van der Waals surface area contributed by atoms with Gasteiger partial charge < -0.3 is 5.32 Å². The van der Waals surface area contributed by atoms with Crippen LogP contribution in [-0.2, 0) is 23.2 Å². The number of nitrogens with one attached hydrogen (secondary N) is 1. The minimum Gasteiger partial charge on any atom is -0.319 e. The number of hydrogen-bond acceptors (Lipinski definition) is 3. The topological polar surface area (TPSA) is 66.5 Å². The Labute approximate surface area is 167 Å². The molecule has 1 aliphatic rings. The lowest BCUT2D eigenvalue weighted by Gasteiger charge is -2.22.